The number of carbonyl (C=O) groups excluding carboxylic acids is 1. The zero-order valence-corrected chi connectivity index (χ0v) is 18.6. The highest BCUT2D eigenvalue weighted by molar-refractivity contribution is 5.93. The molecule has 6 rings (SSSR count). The number of hydrogen-bond acceptors (Lipinski definition) is 5. The number of aromatic nitrogens is 3. The van der Waals surface area contributed by atoms with E-state index in [2.05, 4.69) is 39.5 Å². The molecule has 7 heteroatoms. The highest BCUT2D eigenvalue weighted by atomic mass is 16.5. The second-order valence-electron chi connectivity index (χ2n) is 9.66. The molecule has 3 fully saturated rings. The molecule has 3 aromatic heterocycles. The average Bonchev–Trinajstić information content (AvgIpc) is 3.52. The van der Waals surface area contributed by atoms with Crippen LogP contribution in [-0.4, -0.2) is 50.6 Å². The first kappa shape index (κ1) is 19.7. The summed E-state index contributed by atoms with van der Waals surface area (Å²) in [4.78, 5) is 19.1. The molecule has 1 amide bonds. The molecule has 2 aliphatic heterocycles. The molecule has 0 unspecified atom stereocenters. The van der Waals surface area contributed by atoms with E-state index in [-0.39, 0.29) is 17.9 Å². The normalized spacial score (nSPS) is 25.2. The largest absolute Gasteiger partial charge is 0.488 e. The van der Waals surface area contributed by atoms with E-state index in [1.807, 2.05) is 31.5 Å². The van der Waals surface area contributed by atoms with Gasteiger partial charge in [-0.15, -0.1) is 0 Å². The number of nitrogens with zero attached hydrogens (tertiary/aromatic N) is 4. The number of aryl methyl sites for hydroxylation is 1. The predicted molar refractivity (Wildman–Crippen MR) is 123 cm³/mol. The highest BCUT2D eigenvalue weighted by Gasteiger charge is 2.39. The van der Waals surface area contributed by atoms with E-state index in [0.29, 0.717) is 17.9 Å². The minimum absolute atomic E-state index is 0.0705. The maximum Gasteiger partial charge on any atom is 0.228 e. The molecule has 3 atom stereocenters. The van der Waals surface area contributed by atoms with Crippen molar-refractivity contribution >= 4 is 17.2 Å². The third-order valence-corrected chi connectivity index (χ3v) is 7.33. The monoisotopic (exact) mass is 431 g/mol. The molecule has 2 bridgehead atoms. The molecule has 1 aliphatic carbocycles. The van der Waals surface area contributed by atoms with Crippen molar-refractivity contribution in [2.24, 2.45) is 5.92 Å². The molecule has 5 heterocycles. The topological polar surface area (TPSA) is 71.8 Å². The number of pyridine rings is 2. The van der Waals surface area contributed by atoms with Crippen LogP contribution in [0.3, 0.4) is 0 Å². The van der Waals surface area contributed by atoms with Gasteiger partial charge in [0.2, 0.25) is 5.91 Å². The maximum absolute atomic E-state index is 12.1. The van der Waals surface area contributed by atoms with Crippen LogP contribution in [0.2, 0.25) is 0 Å². The lowest BCUT2D eigenvalue weighted by Gasteiger charge is -2.36. The first-order valence-electron chi connectivity index (χ1n) is 11.7. The molecule has 0 aromatic carbocycles. The van der Waals surface area contributed by atoms with Crippen molar-refractivity contribution in [2.45, 2.75) is 63.6 Å². The van der Waals surface area contributed by atoms with Crippen LogP contribution in [0, 0.1) is 12.8 Å². The van der Waals surface area contributed by atoms with Crippen molar-refractivity contribution in [2.75, 3.05) is 12.4 Å². The first-order valence-corrected chi connectivity index (χ1v) is 11.7. The zero-order chi connectivity index (χ0) is 21.8. The van der Waals surface area contributed by atoms with Gasteiger partial charge >= 0.3 is 0 Å². The number of carbonyl (C=O) groups is 1. The number of hydrogen-bond donors (Lipinski definition) is 1. The third-order valence-electron chi connectivity index (χ3n) is 7.33. The van der Waals surface area contributed by atoms with Crippen LogP contribution in [0.4, 0.5) is 5.82 Å². The van der Waals surface area contributed by atoms with Crippen molar-refractivity contribution in [1.29, 1.82) is 0 Å². The minimum atomic E-state index is 0.0705. The van der Waals surface area contributed by atoms with Gasteiger partial charge in [-0.3, -0.25) is 9.78 Å². The van der Waals surface area contributed by atoms with Crippen LogP contribution in [-0.2, 0) is 4.79 Å². The van der Waals surface area contributed by atoms with E-state index in [0.717, 1.165) is 53.8 Å². The SMILES string of the molecule is Cc1cc(-c2ccn3nc(NC(=O)C4CC4)cc3c2)c(O[C@H]2C[C@H]3CC[C@@H](C2)N3C)cn1. The molecular weight excluding hydrogens is 402 g/mol. The number of rotatable bonds is 5. The molecule has 2 saturated heterocycles. The summed E-state index contributed by atoms with van der Waals surface area (Å²) in [7, 11) is 2.25. The number of ether oxygens (including phenoxy) is 1. The van der Waals surface area contributed by atoms with Gasteiger partial charge in [0.15, 0.2) is 5.82 Å². The van der Waals surface area contributed by atoms with Crippen molar-refractivity contribution in [3.05, 3.63) is 42.4 Å². The molecule has 0 radical (unpaired) electrons. The fourth-order valence-corrected chi connectivity index (χ4v) is 5.30. The van der Waals surface area contributed by atoms with E-state index in [4.69, 9.17) is 4.74 Å². The van der Waals surface area contributed by atoms with Crippen LogP contribution in [0.15, 0.2) is 36.7 Å². The molecule has 32 heavy (non-hydrogen) atoms. The highest BCUT2D eigenvalue weighted by Crippen LogP contribution is 2.38. The maximum atomic E-state index is 12.1. The van der Waals surface area contributed by atoms with E-state index in [1.165, 1.54) is 12.8 Å². The second kappa shape index (κ2) is 7.59. The van der Waals surface area contributed by atoms with Gasteiger partial charge in [0.25, 0.3) is 0 Å². The molecule has 7 nitrogen and oxygen atoms in total. The molecule has 1 saturated carbocycles. The summed E-state index contributed by atoms with van der Waals surface area (Å²) in [5.74, 6) is 1.67. The summed E-state index contributed by atoms with van der Waals surface area (Å²) in [6.45, 7) is 2.01. The smallest absolute Gasteiger partial charge is 0.228 e. The Kier molecular flexibility index (Phi) is 4.68. The summed E-state index contributed by atoms with van der Waals surface area (Å²) in [5.41, 5.74) is 4.01. The van der Waals surface area contributed by atoms with Crippen LogP contribution < -0.4 is 10.1 Å². The number of nitrogens with one attached hydrogen (secondary N) is 1. The summed E-state index contributed by atoms with van der Waals surface area (Å²) in [6.07, 6.45) is 10.7. The Morgan fingerprint density at radius 2 is 1.91 bits per heavy atom. The molecule has 3 aliphatic rings. The van der Waals surface area contributed by atoms with Crippen LogP contribution in [0.1, 0.15) is 44.2 Å². The van der Waals surface area contributed by atoms with Gasteiger partial charge in [-0.25, -0.2) is 4.52 Å². The minimum Gasteiger partial charge on any atom is -0.488 e. The zero-order valence-electron chi connectivity index (χ0n) is 18.6. The van der Waals surface area contributed by atoms with Gasteiger partial charge in [0.1, 0.15) is 11.9 Å². The van der Waals surface area contributed by atoms with Gasteiger partial charge in [-0.1, -0.05) is 0 Å². The van der Waals surface area contributed by atoms with E-state index < -0.39 is 0 Å². The van der Waals surface area contributed by atoms with Crippen molar-refractivity contribution in [1.82, 2.24) is 19.5 Å². The Morgan fingerprint density at radius 3 is 2.66 bits per heavy atom. The Morgan fingerprint density at radius 1 is 1.12 bits per heavy atom. The predicted octanol–water partition coefficient (Wildman–Crippen LogP) is 4.06. The van der Waals surface area contributed by atoms with Gasteiger partial charge in [-0.2, -0.15) is 5.10 Å². The lowest BCUT2D eigenvalue weighted by molar-refractivity contribution is -0.117. The van der Waals surface area contributed by atoms with Crippen LogP contribution in [0.25, 0.3) is 16.6 Å². The lowest BCUT2D eigenvalue weighted by atomic mass is 10.00. The average molecular weight is 432 g/mol. The third kappa shape index (κ3) is 3.64. The van der Waals surface area contributed by atoms with Crippen LogP contribution in [0.5, 0.6) is 5.75 Å². The Labute approximate surface area is 187 Å². The first-order chi connectivity index (χ1) is 15.5. The van der Waals surface area contributed by atoms with Crippen LogP contribution >= 0.6 is 0 Å². The van der Waals surface area contributed by atoms with E-state index >= 15 is 0 Å². The lowest BCUT2D eigenvalue weighted by Crippen LogP contribution is -2.43. The Hall–Kier alpha value is -2.93. The van der Waals surface area contributed by atoms with E-state index in [9.17, 15) is 4.79 Å². The standard InChI is InChI=1S/C25H29N5O2/c1-15-9-22(23(14-26-15)32-21-11-18-5-6-19(12-21)29(18)2)17-7-8-30-20(10-17)13-24(28-30)27-25(31)16-3-4-16/h7-10,13-14,16,18-19,21H,3-6,11-12H2,1-2H3,(H,27,28,31)/t18-,19+,21+. The summed E-state index contributed by atoms with van der Waals surface area (Å²) < 4.78 is 8.36. The second-order valence-corrected chi connectivity index (χ2v) is 9.66. The molecular formula is C25H29N5O2. The number of fused-ring (bicyclic) bond motifs is 3. The van der Waals surface area contributed by atoms with Gasteiger partial charge in [-0.05, 0) is 76.3 Å². The number of amides is 1. The summed E-state index contributed by atoms with van der Waals surface area (Å²) >= 11 is 0. The van der Waals surface area contributed by atoms with Gasteiger partial charge in [0.05, 0.1) is 11.7 Å². The molecule has 0 spiro atoms. The summed E-state index contributed by atoms with van der Waals surface area (Å²) in [5, 5.41) is 7.43. The Bertz CT molecular complexity index is 1170. The Balaban J connectivity index is 1.28. The summed E-state index contributed by atoms with van der Waals surface area (Å²) in [6, 6.07) is 9.43. The van der Waals surface area contributed by atoms with Gasteiger partial charge < -0.3 is 15.0 Å². The van der Waals surface area contributed by atoms with E-state index in [1.54, 1.807) is 4.52 Å². The van der Waals surface area contributed by atoms with Crippen molar-refractivity contribution in [3.8, 4) is 16.9 Å². The van der Waals surface area contributed by atoms with Gasteiger partial charge in [0, 0.05) is 41.5 Å². The fraction of sp³-hybridized carbons (Fsp3) is 0.480. The molecule has 166 valence electrons. The molecule has 1 N–H and O–H groups in total. The van der Waals surface area contributed by atoms with Crippen molar-refractivity contribution in [3.63, 3.8) is 0 Å². The fourth-order valence-electron chi connectivity index (χ4n) is 5.30. The number of piperidine rings is 1. The molecule has 3 aromatic rings. The number of anilines is 1. The van der Waals surface area contributed by atoms with Crippen molar-refractivity contribution < 1.29 is 9.53 Å². The quantitative estimate of drug-likeness (QED) is 0.660.